The summed E-state index contributed by atoms with van der Waals surface area (Å²) < 4.78 is 13.5. The molecule has 2 aromatic rings. The standard InChI is InChI=1S/C19H21FN4O2/c20-14-5-3-4-12(17(14)25)10-24-9-7-15-13(11-24)19(26)23-18(22-15)16-6-1-2-8-21-16/h3-5,25H,1-2,6-11H2,(H,22,23,26). The van der Waals surface area contributed by atoms with Crippen molar-refractivity contribution in [3.05, 3.63) is 57.0 Å². The Labute approximate surface area is 150 Å². The number of para-hydroxylation sites is 1. The zero-order chi connectivity index (χ0) is 18.1. The second-order valence-electron chi connectivity index (χ2n) is 6.83. The molecule has 136 valence electrons. The summed E-state index contributed by atoms with van der Waals surface area (Å²) in [6, 6.07) is 4.50. The average Bonchev–Trinajstić information content (AvgIpc) is 2.66. The first-order chi connectivity index (χ1) is 12.6. The number of hydrogen-bond donors (Lipinski definition) is 2. The van der Waals surface area contributed by atoms with Crippen molar-refractivity contribution in [2.24, 2.45) is 4.99 Å². The Hall–Kier alpha value is -2.54. The summed E-state index contributed by atoms with van der Waals surface area (Å²) in [5, 5.41) is 9.86. The minimum atomic E-state index is -0.627. The second-order valence-corrected chi connectivity index (χ2v) is 6.83. The molecular weight excluding hydrogens is 335 g/mol. The second kappa shape index (κ2) is 6.99. The lowest BCUT2D eigenvalue weighted by atomic mass is 10.0. The minimum Gasteiger partial charge on any atom is -0.505 e. The zero-order valence-corrected chi connectivity index (χ0v) is 14.5. The molecule has 0 atom stereocenters. The zero-order valence-electron chi connectivity index (χ0n) is 14.5. The third-order valence-electron chi connectivity index (χ3n) is 5.01. The van der Waals surface area contributed by atoms with Crippen LogP contribution in [0.3, 0.4) is 0 Å². The fraction of sp³-hybridized carbons (Fsp3) is 0.421. The Morgan fingerprint density at radius 3 is 2.96 bits per heavy atom. The van der Waals surface area contributed by atoms with Gasteiger partial charge >= 0.3 is 0 Å². The summed E-state index contributed by atoms with van der Waals surface area (Å²) >= 11 is 0. The molecule has 0 saturated heterocycles. The van der Waals surface area contributed by atoms with Gasteiger partial charge in [0.15, 0.2) is 17.4 Å². The molecule has 26 heavy (non-hydrogen) atoms. The molecule has 0 spiro atoms. The summed E-state index contributed by atoms with van der Waals surface area (Å²) in [5.74, 6) is -0.349. The first-order valence-corrected chi connectivity index (χ1v) is 8.96. The Morgan fingerprint density at radius 2 is 2.15 bits per heavy atom. The Kier molecular flexibility index (Phi) is 4.55. The molecule has 0 aliphatic carbocycles. The molecule has 0 unspecified atom stereocenters. The third kappa shape index (κ3) is 3.26. The number of aromatic amines is 1. The van der Waals surface area contributed by atoms with Crippen molar-refractivity contribution in [3.63, 3.8) is 0 Å². The number of rotatable bonds is 3. The van der Waals surface area contributed by atoms with Gasteiger partial charge in [-0.25, -0.2) is 9.37 Å². The quantitative estimate of drug-likeness (QED) is 0.883. The van der Waals surface area contributed by atoms with Gasteiger partial charge in [-0.2, -0.15) is 0 Å². The van der Waals surface area contributed by atoms with Gasteiger partial charge in [0.05, 0.1) is 17.0 Å². The summed E-state index contributed by atoms with van der Waals surface area (Å²) in [6.07, 6.45) is 3.66. The minimum absolute atomic E-state index is 0.133. The lowest BCUT2D eigenvalue weighted by Crippen LogP contribution is -2.36. The molecule has 0 bridgehead atoms. The van der Waals surface area contributed by atoms with Crippen LogP contribution in [0.25, 0.3) is 0 Å². The van der Waals surface area contributed by atoms with Crippen molar-refractivity contribution in [1.29, 1.82) is 0 Å². The molecule has 0 radical (unpaired) electrons. The highest BCUT2D eigenvalue weighted by atomic mass is 19.1. The van der Waals surface area contributed by atoms with Gasteiger partial charge in [0.2, 0.25) is 0 Å². The van der Waals surface area contributed by atoms with Crippen LogP contribution in [0.4, 0.5) is 4.39 Å². The maximum atomic E-state index is 13.5. The van der Waals surface area contributed by atoms with Gasteiger partial charge in [0, 0.05) is 38.2 Å². The number of phenolic OH excluding ortho intramolecular Hbond substituents is 1. The molecule has 0 fully saturated rings. The Balaban J connectivity index is 1.56. The van der Waals surface area contributed by atoms with Crippen LogP contribution in [-0.2, 0) is 19.5 Å². The van der Waals surface area contributed by atoms with Gasteiger partial charge in [-0.1, -0.05) is 12.1 Å². The molecule has 2 aliphatic heterocycles. The van der Waals surface area contributed by atoms with E-state index in [-0.39, 0.29) is 11.3 Å². The monoisotopic (exact) mass is 356 g/mol. The predicted molar refractivity (Wildman–Crippen MR) is 96.0 cm³/mol. The lowest BCUT2D eigenvalue weighted by Gasteiger charge is -2.28. The number of benzene rings is 1. The number of fused-ring (bicyclic) bond motifs is 1. The molecule has 1 aromatic carbocycles. The molecule has 0 saturated carbocycles. The van der Waals surface area contributed by atoms with Crippen molar-refractivity contribution >= 4 is 5.71 Å². The van der Waals surface area contributed by atoms with E-state index in [2.05, 4.69) is 15.0 Å². The van der Waals surface area contributed by atoms with Crippen LogP contribution in [0.5, 0.6) is 5.75 Å². The van der Waals surface area contributed by atoms with Crippen molar-refractivity contribution in [2.45, 2.75) is 38.8 Å². The molecular formula is C19H21FN4O2. The van der Waals surface area contributed by atoms with E-state index in [0.717, 1.165) is 37.2 Å². The first kappa shape index (κ1) is 16.9. The number of halogens is 1. The normalized spacial score (nSPS) is 17.7. The van der Waals surface area contributed by atoms with Gasteiger partial charge in [-0.15, -0.1) is 0 Å². The molecule has 2 N–H and O–H groups in total. The smallest absolute Gasteiger partial charge is 0.255 e. The van der Waals surface area contributed by atoms with Gasteiger partial charge in [-0.3, -0.25) is 14.7 Å². The predicted octanol–water partition coefficient (Wildman–Crippen LogP) is 2.15. The van der Waals surface area contributed by atoms with Crippen molar-refractivity contribution < 1.29 is 9.50 Å². The van der Waals surface area contributed by atoms with E-state index in [1.54, 1.807) is 12.1 Å². The fourth-order valence-corrected chi connectivity index (χ4v) is 3.57. The van der Waals surface area contributed by atoms with E-state index < -0.39 is 5.82 Å². The Bertz CT molecular complexity index is 922. The summed E-state index contributed by atoms with van der Waals surface area (Å²) in [5.41, 5.74) is 2.74. The van der Waals surface area contributed by atoms with Gasteiger partial charge in [0.1, 0.15) is 0 Å². The highest BCUT2D eigenvalue weighted by molar-refractivity contribution is 5.97. The van der Waals surface area contributed by atoms with E-state index in [4.69, 9.17) is 0 Å². The maximum Gasteiger partial charge on any atom is 0.255 e. The number of phenols is 1. The number of nitrogens with one attached hydrogen (secondary N) is 1. The van der Waals surface area contributed by atoms with E-state index in [0.29, 0.717) is 43.0 Å². The van der Waals surface area contributed by atoms with Gasteiger partial charge < -0.3 is 10.1 Å². The SMILES string of the molecule is O=c1[nH]c(C2=NCCCC2)nc2c1CN(Cc1cccc(F)c1O)CC2. The number of aromatic nitrogens is 2. The van der Waals surface area contributed by atoms with E-state index >= 15 is 0 Å². The molecule has 2 aliphatic rings. The molecule has 1 aromatic heterocycles. The number of hydrogen-bond acceptors (Lipinski definition) is 5. The van der Waals surface area contributed by atoms with Crippen LogP contribution in [0.2, 0.25) is 0 Å². The van der Waals surface area contributed by atoms with Crippen molar-refractivity contribution in [3.8, 4) is 5.75 Å². The summed E-state index contributed by atoms with van der Waals surface area (Å²) in [7, 11) is 0. The van der Waals surface area contributed by atoms with Crippen molar-refractivity contribution in [1.82, 2.24) is 14.9 Å². The van der Waals surface area contributed by atoms with Crippen LogP contribution in [0, 0.1) is 5.82 Å². The average molecular weight is 356 g/mol. The van der Waals surface area contributed by atoms with Crippen LogP contribution in [0.15, 0.2) is 28.0 Å². The van der Waals surface area contributed by atoms with Crippen LogP contribution in [0.1, 0.15) is 41.9 Å². The van der Waals surface area contributed by atoms with E-state index in [9.17, 15) is 14.3 Å². The molecule has 3 heterocycles. The van der Waals surface area contributed by atoms with Crippen LogP contribution >= 0.6 is 0 Å². The molecule has 6 nitrogen and oxygen atoms in total. The highest BCUT2D eigenvalue weighted by Crippen LogP contribution is 2.24. The van der Waals surface area contributed by atoms with E-state index in [1.165, 1.54) is 6.07 Å². The summed E-state index contributed by atoms with van der Waals surface area (Å²) in [6.45, 7) is 2.31. The summed E-state index contributed by atoms with van der Waals surface area (Å²) in [4.78, 5) is 26.6. The topological polar surface area (TPSA) is 81.6 Å². The Morgan fingerprint density at radius 1 is 1.27 bits per heavy atom. The van der Waals surface area contributed by atoms with E-state index in [1.807, 2.05) is 4.90 Å². The number of aliphatic imine (C=N–C) groups is 1. The third-order valence-corrected chi connectivity index (χ3v) is 5.01. The number of aromatic hydroxyl groups is 1. The van der Waals surface area contributed by atoms with Gasteiger partial charge in [-0.05, 0) is 25.3 Å². The molecule has 7 heteroatoms. The van der Waals surface area contributed by atoms with Crippen molar-refractivity contribution in [2.75, 3.05) is 13.1 Å². The molecule has 0 amide bonds. The van der Waals surface area contributed by atoms with Crippen LogP contribution in [-0.4, -0.2) is 38.8 Å². The van der Waals surface area contributed by atoms with Gasteiger partial charge in [0.25, 0.3) is 5.56 Å². The van der Waals surface area contributed by atoms with Crippen LogP contribution < -0.4 is 5.56 Å². The number of H-pyrrole nitrogens is 1. The first-order valence-electron chi connectivity index (χ1n) is 8.96. The number of nitrogens with zero attached hydrogens (tertiary/aromatic N) is 3. The lowest BCUT2D eigenvalue weighted by molar-refractivity contribution is 0.237. The fourth-order valence-electron chi connectivity index (χ4n) is 3.57. The highest BCUT2D eigenvalue weighted by Gasteiger charge is 2.23. The molecule has 4 rings (SSSR count). The maximum absolute atomic E-state index is 13.5. The largest absolute Gasteiger partial charge is 0.505 e.